The van der Waals surface area contributed by atoms with E-state index in [1.54, 1.807) is 0 Å². The highest BCUT2D eigenvalue weighted by Crippen LogP contribution is 2.16. The highest BCUT2D eigenvalue weighted by molar-refractivity contribution is 4.72. The molecule has 1 saturated heterocycles. The molecule has 1 rings (SSSR count). The van der Waals surface area contributed by atoms with E-state index in [1.165, 1.54) is 0 Å². The van der Waals surface area contributed by atoms with E-state index in [9.17, 15) is 0 Å². The van der Waals surface area contributed by atoms with Crippen molar-refractivity contribution in [1.82, 2.24) is 0 Å². The molecule has 0 aromatic carbocycles. The lowest BCUT2D eigenvalue weighted by Crippen LogP contribution is -2.41. The summed E-state index contributed by atoms with van der Waals surface area (Å²) in [6.45, 7) is 0.407. The van der Waals surface area contributed by atoms with Crippen molar-refractivity contribution >= 4 is 0 Å². The molecule has 4 heteroatoms. The number of rotatable bonds is 1. The van der Waals surface area contributed by atoms with Crippen molar-refractivity contribution in [2.24, 2.45) is 5.73 Å². The third-order valence-electron chi connectivity index (χ3n) is 1.71. The van der Waals surface area contributed by atoms with E-state index < -0.39 is 12.4 Å². The predicted octanol–water partition coefficient (Wildman–Crippen LogP) is -1.20. The fourth-order valence-electron chi connectivity index (χ4n) is 1.03. The van der Waals surface area contributed by atoms with Crippen LogP contribution in [0.2, 0.25) is 0 Å². The van der Waals surface area contributed by atoms with Gasteiger partial charge in [0.25, 0.3) is 0 Å². The fraction of sp³-hybridized carbons (Fsp3) is 1.00. The summed E-state index contributed by atoms with van der Waals surface area (Å²) in [5.41, 5.74) is 5.29. The Morgan fingerprint density at radius 1 is 1.40 bits per heavy atom. The van der Waals surface area contributed by atoms with E-state index >= 15 is 0 Å². The van der Waals surface area contributed by atoms with Crippen LogP contribution in [0.25, 0.3) is 0 Å². The van der Waals surface area contributed by atoms with Gasteiger partial charge in [0, 0.05) is 6.54 Å². The topological polar surface area (TPSA) is 75.7 Å². The molecule has 0 radical (unpaired) electrons. The SMILES string of the molecule is NCC1CCC(O)[C@@H](O)O1. The number of hydrogen-bond acceptors (Lipinski definition) is 4. The average molecular weight is 147 g/mol. The van der Waals surface area contributed by atoms with Gasteiger partial charge in [0.2, 0.25) is 0 Å². The molecular weight excluding hydrogens is 134 g/mol. The Morgan fingerprint density at radius 3 is 2.60 bits per heavy atom. The second kappa shape index (κ2) is 3.30. The van der Waals surface area contributed by atoms with Gasteiger partial charge >= 0.3 is 0 Å². The summed E-state index contributed by atoms with van der Waals surface area (Å²) in [5.74, 6) is 0. The van der Waals surface area contributed by atoms with Crippen molar-refractivity contribution in [1.29, 1.82) is 0 Å². The Bertz CT molecular complexity index is 109. The average Bonchev–Trinajstić information content (AvgIpc) is 1.95. The van der Waals surface area contributed by atoms with E-state index in [0.717, 1.165) is 6.42 Å². The minimum Gasteiger partial charge on any atom is -0.388 e. The molecule has 10 heavy (non-hydrogen) atoms. The second-order valence-electron chi connectivity index (χ2n) is 2.53. The standard InChI is InChI=1S/C6H13NO3/c7-3-4-1-2-5(8)6(9)10-4/h4-6,8-9H,1-3,7H2/t4?,5?,6-/m0/s1. The molecule has 0 aromatic rings. The zero-order valence-corrected chi connectivity index (χ0v) is 5.73. The fourth-order valence-corrected chi connectivity index (χ4v) is 1.03. The van der Waals surface area contributed by atoms with Crippen molar-refractivity contribution in [2.75, 3.05) is 6.54 Å². The number of nitrogens with two attached hydrogens (primary N) is 1. The molecule has 0 saturated carbocycles. The molecule has 0 aliphatic carbocycles. The summed E-state index contributed by atoms with van der Waals surface area (Å²) in [6.07, 6.45) is -0.555. The Morgan fingerprint density at radius 2 is 2.10 bits per heavy atom. The van der Waals surface area contributed by atoms with E-state index in [0.29, 0.717) is 13.0 Å². The largest absolute Gasteiger partial charge is 0.388 e. The van der Waals surface area contributed by atoms with Gasteiger partial charge in [-0.2, -0.15) is 0 Å². The normalized spacial score (nSPS) is 41.7. The maximum Gasteiger partial charge on any atom is 0.181 e. The van der Waals surface area contributed by atoms with Gasteiger partial charge in [-0.25, -0.2) is 0 Å². The Kier molecular flexibility index (Phi) is 2.62. The summed E-state index contributed by atoms with van der Waals surface area (Å²) < 4.78 is 4.93. The van der Waals surface area contributed by atoms with E-state index in [4.69, 9.17) is 20.7 Å². The molecule has 0 aromatic heterocycles. The molecule has 0 amide bonds. The minimum atomic E-state index is -1.04. The van der Waals surface area contributed by atoms with Crippen LogP contribution in [0.1, 0.15) is 12.8 Å². The van der Waals surface area contributed by atoms with E-state index in [1.807, 2.05) is 0 Å². The van der Waals surface area contributed by atoms with Crippen LogP contribution >= 0.6 is 0 Å². The molecule has 0 bridgehead atoms. The molecule has 2 unspecified atom stereocenters. The minimum absolute atomic E-state index is 0.0848. The first kappa shape index (κ1) is 7.94. The van der Waals surface area contributed by atoms with Crippen molar-refractivity contribution in [3.05, 3.63) is 0 Å². The van der Waals surface area contributed by atoms with Crippen molar-refractivity contribution in [2.45, 2.75) is 31.3 Å². The van der Waals surface area contributed by atoms with Gasteiger partial charge in [-0.15, -0.1) is 0 Å². The molecule has 0 spiro atoms. The lowest BCUT2D eigenvalue weighted by atomic mass is 10.1. The third kappa shape index (κ3) is 1.67. The van der Waals surface area contributed by atoms with Crippen molar-refractivity contribution < 1.29 is 14.9 Å². The van der Waals surface area contributed by atoms with Gasteiger partial charge in [-0.3, -0.25) is 0 Å². The first-order chi connectivity index (χ1) is 4.74. The summed E-state index contributed by atoms with van der Waals surface area (Å²) in [4.78, 5) is 0. The number of aliphatic hydroxyl groups excluding tert-OH is 2. The van der Waals surface area contributed by atoms with Crippen LogP contribution in [-0.2, 0) is 4.74 Å². The number of aliphatic hydroxyl groups is 2. The zero-order valence-electron chi connectivity index (χ0n) is 5.73. The predicted molar refractivity (Wildman–Crippen MR) is 35.2 cm³/mol. The Balaban J connectivity index is 2.33. The summed E-state index contributed by atoms with van der Waals surface area (Å²) in [5, 5.41) is 17.9. The second-order valence-corrected chi connectivity index (χ2v) is 2.53. The first-order valence-corrected chi connectivity index (χ1v) is 3.45. The highest BCUT2D eigenvalue weighted by Gasteiger charge is 2.26. The van der Waals surface area contributed by atoms with E-state index in [-0.39, 0.29) is 6.10 Å². The molecule has 3 atom stereocenters. The maximum absolute atomic E-state index is 8.98. The molecule has 1 fully saturated rings. The first-order valence-electron chi connectivity index (χ1n) is 3.45. The summed E-state index contributed by atoms with van der Waals surface area (Å²) >= 11 is 0. The van der Waals surface area contributed by atoms with Gasteiger partial charge in [0.05, 0.1) is 6.10 Å². The lowest BCUT2D eigenvalue weighted by molar-refractivity contribution is -0.212. The molecule has 1 heterocycles. The van der Waals surface area contributed by atoms with E-state index in [2.05, 4.69) is 0 Å². The van der Waals surface area contributed by atoms with Crippen LogP contribution in [0.5, 0.6) is 0 Å². The van der Waals surface area contributed by atoms with Crippen molar-refractivity contribution in [3.8, 4) is 0 Å². The lowest BCUT2D eigenvalue weighted by Gasteiger charge is -2.29. The van der Waals surface area contributed by atoms with Crippen LogP contribution in [0.4, 0.5) is 0 Å². The van der Waals surface area contributed by atoms with Crippen LogP contribution in [0.15, 0.2) is 0 Å². The molecular formula is C6H13NO3. The summed E-state index contributed by atoms with van der Waals surface area (Å²) in [7, 11) is 0. The van der Waals surface area contributed by atoms with Gasteiger partial charge in [-0.1, -0.05) is 0 Å². The van der Waals surface area contributed by atoms with Gasteiger partial charge < -0.3 is 20.7 Å². The molecule has 4 nitrogen and oxygen atoms in total. The molecule has 1 aliphatic heterocycles. The van der Waals surface area contributed by atoms with Gasteiger partial charge in [0.15, 0.2) is 6.29 Å². The van der Waals surface area contributed by atoms with Crippen LogP contribution in [0, 0.1) is 0 Å². The highest BCUT2D eigenvalue weighted by atomic mass is 16.6. The van der Waals surface area contributed by atoms with Crippen LogP contribution < -0.4 is 5.73 Å². The van der Waals surface area contributed by atoms with Crippen LogP contribution in [-0.4, -0.2) is 35.3 Å². The monoisotopic (exact) mass is 147 g/mol. The van der Waals surface area contributed by atoms with Crippen molar-refractivity contribution in [3.63, 3.8) is 0 Å². The zero-order chi connectivity index (χ0) is 7.56. The third-order valence-corrected chi connectivity index (χ3v) is 1.71. The van der Waals surface area contributed by atoms with Crippen LogP contribution in [0.3, 0.4) is 0 Å². The molecule has 1 aliphatic rings. The summed E-state index contributed by atoms with van der Waals surface area (Å²) in [6, 6.07) is 0. The quantitative estimate of drug-likeness (QED) is 0.435. The smallest absolute Gasteiger partial charge is 0.181 e. The number of hydrogen-bond donors (Lipinski definition) is 3. The molecule has 4 N–H and O–H groups in total. The number of ether oxygens (including phenoxy) is 1. The Hall–Kier alpha value is -0.160. The van der Waals surface area contributed by atoms with Gasteiger partial charge in [0.1, 0.15) is 6.10 Å². The Labute approximate surface area is 59.6 Å². The maximum atomic E-state index is 8.98. The molecule has 60 valence electrons. The van der Waals surface area contributed by atoms with Gasteiger partial charge in [-0.05, 0) is 12.8 Å².